The highest BCUT2D eigenvalue weighted by Gasteiger charge is 2.15. The Balaban J connectivity index is 1.47. The molecule has 0 spiro atoms. The molecule has 1 fully saturated rings. The minimum Gasteiger partial charge on any atom is -0.374 e. The van der Waals surface area contributed by atoms with E-state index in [2.05, 4.69) is 15.6 Å². The number of halogens is 1. The van der Waals surface area contributed by atoms with Crippen LogP contribution in [0.4, 0.5) is 4.39 Å². The summed E-state index contributed by atoms with van der Waals surface area (Å²) in [6.45, 7) is 2.72. The number of rotatable bonds is 4. The van der Waals surface area contributed by atoms with Crippen molar-refractivity contribution in [2.75, 3.05) is 26.2 Å². The van der Waals surface area contributed by atoms with Gasteiger partial charge in [-0.2, -0.15) is 0 Å². The van der Waals surface area contributed by atoms with E-state index in [0.29, 0.717) is 24.4 Å². The molecule has 0 unspecified atom stereocenters. The van der Waals surface area contributed by atoms with Gasteiger partial charge in [0.25, 0.3) is 5.91 Å². The summed E-state index contributed by atoms with van der Waals surface area (Å²) in [4.78, 5) is 16.6. The topological polar surface area (TPSA) is 67.7 Å². The third-order valence-corrected chi connectivity index (χ3v) is 4.41. The maximum atomic E-state index is 13.5. The lowest BCUT2D eigenvalue weighted by Crippen LogP contribution is -2.45. The highest BCUT2D eigenvalue weighted by Crippen LogP contribution is 2.21. The van der Waals surface area contributed by atoms with Gasteiger partial charge >= 0.3 is 0 Å². The summed E-state index contributed by atoms with van der Waals surface area (Å²) in [7, 11) is 0. The van der Waals surface area contributed by atoms with Crippen LogP contribution < -0.4 is 10.6 Å². The number of carbonyl (C=O) groups is 1. The van der Waals surface area contributed by atoms with E-state index in [1.165, 1.54) is 12.3 Å². The van der Waals surface area contributed by atoms with Crippen molar-refractivity contribution in [3.8, 4) is 11.3 Å². The quantitative estimate of drug-likeness (QED) is 0.751. The molecule has 1 aromatic carbocycles. The second kappa shape index (κ2) is 7.23. The number of benzene rings is 1. The van der Waals surface area contributed by atoms with Gasteiger partial charge in [0.15, 0.2) is 0 Å². The van der Waals surface area contributed by atoms with Crippen LogP contribution in [0.25, 0.3) is 16.9 Å². The summed E-state index contributed by atoms with van der Waals surface area (Å²) in [5.41, 5.74) is 2.87. The van der Waals surface area contributed by atoms with E-state index in [-0.39, 0.29) is 17.8 Å². The molecule has 0 bridgehead atoms. The zero-order chi connectivity index (χ0) is 17.9. The van der Waals surface area contributed by atoms with Crippen LogP contribution in [0, 0.1) is 5.82 Å². The van der Waals surface area contributed by atoms with Gasteiger partial charge in [-0.25, -0.2) is 9.37 Å². The predicted octanol–water partition coefficient (Wildman–Crippen LogP) is 1.86. The summed E-state index contributed by atoms with van der Waals surface area (Å²) in [5.74, 6) is -0.470. The lowest BCUT2D eigenvalue weighted by molar-refractivity contribution is 0.0287. The van der Waals surface area contributed by atoms with E-state index in [0.717, 1.165) is 24.3 Å². The second-order valence-electron chi connectivity index (χ2n) is 6.20. The van der Waals surface area contributed by atoms with Gasteiger partial charge in [0.2, 0.25) is 0 Å². The van der Waals surface area contributed by atoms with E-state index in [4.69, 9.17) is 4.74 Å². The Hall–Kier alpha value is -2.77. The highest BCUT2D eigenvalue weighted by atomic mass is 19.1. The molecule has 2 aromatic heterocycles. The number of amides is 1. The van der Waals surface area contributed by atoms with Crippen LogP contribution in [0.2, 0.25) is 0 Å². The zero-order valence-electron chi connectivity index (χ0n) is 14.1. The molecule has 4 rings (SSSR count). The fourth-order valence-corrected chi connectivity index (χ4v) is 3.02. The van der Waals surface area contributed by atoms with Crippen LogP contribution in [0.1, 0.15) is 10.4 Å². The van der Waals surface area contributed by atoms with Gasteiger partial charge in [-0.1, -0.05) is 12.1 Å². The summed E-state index contributed by atoms with van der Waals surface area (Å²) in [6.07, 6.45) is 3.09. The van der Waals surface area contributed by atoms with E-state index in [1.54, 1.807) is 28.8 Å². The summed E-state index contributed by atoms with van der Waals surface area (Å²) < 4.78 is 20.8. The van der Waals surface area contributed by atoms with Crippen molar-refractivity contribution < 1.29 is 13.9 Å². The van der Waals surface area contributed by atoms with Crippen LogP contribution in [0.15, 0.2) is 48.8 Å². The standard InChI is InChI=1S/C19H19FN4O2/c20-15-5-6-18-22-11-17(24(18)12-15)13-1-3-14(4-2-13)19(25)23-10-16-9-21-7-8-26-16/h1-6,11-12,16,21H,7-10H2,(H,23,25)/t16-/m1/s1. The Morgan fingerprint density at radius 3 is 2.92 bits per heavy atom. The van der Waals surface area contributed by atoms with Gasteiger partial charge in [-0.05, 0) is 24.3 Å². The number of pyridine rings is 1. The lowest BCUT2D eigenvalue weighted by atomic mass is 10.1. The fraction of sp³-hybridized carbons (Fsp3) is 0.263. The first-order valence-corrected chi connectivity index (χ1v) is 8.54. The minimum atomic E-state index is -0.327. The molecule has 134 valence electrons. The number of nitrogens with zero attached hydrogens (tertiary/aromatic N) is 2. The maximum Gasteiger partial charge on any atom is 0.251 e. The number of nitrogens with one attached hydrogen (secondary N) is 2. The van der Waals surface area contributed by atoms with Crippen molar-refractivity contribution in [1.82, 2.24) is 20.0 Å². The molecule has 1 amide bonds. The number of aromatic nitrogens is 2. The third kappa shape index (κ3) is 3.44. The predicted molar refractivity (Wildman–Crippen MR) is 95.5 cm³/mol. The molecule has 1 aliphatic rings. The molecule has 1 atom stereocenters. The number of hydrogen-bond acceptors (Lipinski definition) is 4. The van der Waals surface area contributed by atoms with E-state index >= 15 is 0 Å². The molecule has 1 saturated heterocycles. The first-order valence-electron chi connectivity index (χ1n) is 8.54. The van der Waals surface area contributed by atoms with Crippen LogP contribution in [0.5, 0.6) is 0 Å². The normalized spacial score (nSPS) is 17.3. The van der Waals surface area contributed by atoms with Gasteiger partial charge < -0.3 is 15.4 Å². The molecule has 1 aliphatic heterocycles. The lowest BCUT2D eigenvalue weighted by Gasteiger charge is -2.23. The monoisotopic (exact) mass is 354 g/mol. The average molecular weight is 354 g/mol. The van der Waals surface area contributed by atoms with E-state index < -0.39 is 0 Å². The molecule has 26 heavy (non-hydrogen) atoms. The molecule has 0 radical (unpaired) electrons. The van der Waals surface area contributed by atoms with Crippen molar-refractivity contribution >= 4 is 11.6 Å². The third-order valence-electron chi connectivity index (χ3n) is 4.41. The van der Waals surface area contributed by atoms with E-state index in [9.17, 15) is 9.18 Å². The number of carbonyl (C=O) groups excluding carboxylic acids is 1. The van der Waals surface area contributed by atoms with Crippen LogP contribution in [0.3, 0.4) is 0 Å². The van der Waals surface area contributed by atoms with Crippen molar-refractivity contribution in [2.24, 2.45) is 0 Å². The molecule has 3 aromatic rings. The Labute approximate surface area is 150 Å². The van der Waals surface area contributed by atoms with E-state index in [1.807, 2.05) is 12.1 Å². The Morgan fingerprint density at radius 1 is 1.31 bits per heavy atom. The Bertz CT molecular complexity index is 917. The van der Waals surface area contributed by atoms with Crippen LogP contribution in [-0.2, 0) is 4.74 Å². The number of morpholine rings is 1. The van der Waals surface area contributed by atoms with Crippen molar-refractivity contribution in [3.63, 3.8) is 0 Å². The largest absolute Gasteiger partial charge is 0.374 e. The van der Waals surface area contributed by atoms with Gasteiger partial charge in [0, 0.05) is 37.0 Å². The number of ether oxygens (including phenoxy) is 1. The highest BCUT2D eigenvalue weighted by molar-refractivity contribution is 5.94. The number of fused-ring (bicyclic) bond motifs is 1. The van der Waals surface area contributed by atoms with Gasteiger partial charge in [-0.15, -0.1) is 0 Å². The molecular weight excluding hydrogens is 335 g/mol. The van der Waals surface area contributed by atoms with Crippen molar-refractivity contribution in [1.29, 1.82) is 0 Å². The number of hydrogen-bond donors (Lipinski definition) is 2. The average Bonchev–Trinajstić information content (AvgIpc) is 3.10. The molecule has 7 heteroatoms. The van der Waals surface area contributed by atoms with Gasteiger partial charge in [0.05, 0.1) is 24.6 Å². The summed E-state index contributed by atoms with van der Waals surface area (Å²) in [6, 6.07) is 10.2. The molecule has 2 N–H and O–H groups in total. The first kappa shape index (κ1) is 16.7. The molecule has 0 aliphatic carbocycles. The molecule has 3 heterocycles. The maximum absolute atomic E-state index is 13.5. The Morgan fingerprint density at radius 2 is 2.15 bits per heavy atom. The smallest absolute Gasteiger partial charge is 0.251 e. The van der Waals surface area contributed by atoms with Gasteiger partial charge in [0.1, 0.15) is 11.5 Å². The van der Waals surface area contributed by atoms with Gasteiger partial charge in [-0.3, -0.25) is 9.20 Å². The SMILES string of the molecule is O=C(NC[C@H]1CNCCO1)c1ccc(-c2cnc3ccc(F)cn23)cc1. The van der Waals surface area contributed by atoms with Crippen LogP contribution in [-0.4, -0.2) is 47.6 Å². The van der Waals surface area contributed by atoms with Crippen LogP contribution >= 0.6 is 0 Å². The molecule has 6 nitrogen and oxygen atoms in total. The minimum absolute atomic E-state index is 0.0000252. The molecular formula is C19H19FN4O2. The zero-order valence-corrected chi connectivity index (χ0v) is 14.1. The number of imidazole rings is 1. The molecule has 0 saturated carbocycles. The van der Waals surface area contributed by atoms with Crippen molar-refractivity contribution in [3.05, 3.63) is 60.2 Å². The summed E-state index contributed by atoms with van der Waals surface area (Å²) in [5, 5.41) is 6.12. The first-order chi connectivity index (χ1) is 12.7. The fourth-order valence-electron chi connectivity index (χ4n) is 3.02. The Kier molecular flexibility index (Phi) is 4.64. The van der Waals surface area contributed by atoms with Crippen molar-refractivity contribution in [2.45, 2.75) is 6.10 Å². The summed E-state index contributed by atoms with van der Waals surface area (Å²) >= 11 is 0. The second-order valence-corrected chi connectivity index (χ2v) is 6.20.